The molecule has 7 atom stereocenters. The molecule has 7 unspecified atom stereocenters. The van der Waals surface area contributed by atoms with E-state index in [1.165, 1.54) is 276 Å². The summed E-state index contributed by atoms with van der Waals surface area (Å²) in [6.07, 6.45) is 65.5. The van der Waals surface area contributed by atoms with E-state index in [0.29, 0.717) is 5.41 Å². The van der Waals surface area contributed by atoms with E-state index in [0.717, 1.165) is 59.2 Å². The Morgan fingerprint density at radius 1 is 0.279 bits per heavy atom. The number of hydrogen-bond acceptors (Lipinski definition) is 0. The van der Waals surface area contributed by atoms with Gasteiger partial charge in [-0.05, 0) is 77.4 Å². The highest BCUT2D eigenvalue weighted by Crippen LogP contribution is 2.66. The second kappa shape index (κ2) is 44.5. The molecule has 0 amide bonds. The molecule has 0 heteroatoms. The monoisotopic (exact) mass is 953 g/mol. The summed E-state index contributed by atoms with van der Waals surface area (Å²) in [6, 6.07) is 0. The lowest BCUT2D eigenvalue weighted by atomic mass is 9.46. The van der Waals surface area contributed by atoms with Crippen LogP contribution < -0.4 is 0 Å². The molecule has 0 aromatic heterocycles. The van der Waals surface area contributed by atoms with Gasteiger partial charge in [-0.2, -0.15) is 0 Å². The first-order chi connectivity index (χ1) is 33.1. The smallest absolute Gasteiger partial charge is 0.0200 e. The van der Waals surface area contributed by atoms with E-state index >= 15 is 0 Å². The van der Waals surface area contributed by atoms with Gasteiger partial charge in [0.1, 0.15) is 0 Å². The van der Waals surface area contributed by atoms with Gasteiger partial charge in [0, 0.05) is 0 Å². The summed E-state index contributed by atoms with van der Waals surface area (Å²) in [7, 11) is 0. The van der Waals surface area contributed by atoms with Gasteiger partial charge in [0.25, 0.3) is 0 Å². The average molecular weight is 954 g/mol. The Hall–Kier alpha value is 0. The lowest BCUT2D eigenvalue weighted by Crippen LogP contribution is -2.53. The van der Waals surface area contributed by atoms with Crippen LogP contribution in [0.15, 0.2) is 0 Å². The molecule has 0 spiro atoms. The molecule has 1 saturated carbocycles. The Morgan fingerprint density at radius 2 is 0.485 bits per heavy atom. The summed E-state index contributed by atoms with van der Waals surface area (Å²) in [5.74, 6) is 8.59. The molecule has 1 fully saturated rings. The van der Waals surface area contributed by atoms with Crippen molar-refractivity contribution < 1.29 is 0 Å². The SMILES string of the molecule is CCCCCCCCC(C)C(C(C)CCCCCCCC)C1CCCC1(C(C(C)CCCCCCCC)C(C)CCCCCCCC)C(C(C)CCCCCCCC)C(C)CCCCCCCC. The molecule has 0 radical (unpaired) electrons. The van der Waals surface area contributed by atoms with Crippen LogP contribution >= 0.6 is 0 Å². The van der Waals surface area contributed by atoms with E-state index in [2.05, 4.69) is 83.1 Å². The van der Waals surface area contributed by atoms with Gasteiger partial charge < -0.3 is 0 Å². The van der Waals surface area contributed by atoms with Gasteiger partial charge in [0.05, 0.1) is 0 Å². The molecule has 0 aliphatic heterocycles. The Kier molecular flexibility index (Phi) is 43.2. The van der Waals surface area contributed by atoms with Crippen molar-refractivity contribution in [1.82, 2.24) is 0 Å². The summed E-state index contributed by atoms with van der Waals surface area (Å²) < 4.78 is 0. The fourth-order valence-electron chi connectivity index (χ4n) is 15.9. The van der Waals surface area contributed by atoms with Gasteiger partial charge in [-0.1, -0.05) is 359 Å². The Balaban J connectivity index is 4.07. The minimum Gasteiger partial charge on any atom is -0.0654 e. The van der Waals surface area contributed by atoms with Crippen molar-refractivity contribution in [2.24, 2.45) is 64.6 Å². The fraction of sp³-hybridized carbons (Fsp3) is 1.00. The maximum atomic E-state index is 2.87. The van der Waals surface area contributed by atoms with Gasteiger partial charge in [-0.3, -0.25) is 0 Å². The molecule has 1 aliphatic rings. The van der Waals surface area contributed by atoms with Crippen molar-refractivity contribution in [3.63, 3.8) is 0 Å². The minimum atomic E-state index is 0.474. The Labute approximate surface area is 434 Å². The minimum absolute atomic E-state index is 0.474. The van der Waals surface area contributed by atoms with Crippen molar-refractivity contribution in [3.8, 4) is 0 Å². The summed E-state index contributed by atoms with van der Waals surface area (Å²) in [4.78, 5) is 0. The Bertz CT molecular complexity index is 911. The topological polar surface area (TPSA) is 0 Å². The molecule has 0 N–H and O–H groups in total. The average Bonchev–Trinajstić information content (AvgIpc) is 3.73. The maximum Gasteiger partial charge on any atom is -0.0200 e. The molecular formula is C68H136. The lowest BCUT2D eigenvalue weighted by molar-refractivity contribution is -0.112. The number of unbranched alkanes of at least 4 members (excludes halogenated alkanes) is 30. The van der Waals surface area contributed by atoms with Gasteiger partial charge in [-0.15, -0.1) is 0 Å². The van der Waals surface area contributed by atoms with Gasteiger partial charge in [0.15, 0.2) is 0 Å². The predicted octanol–water partition coefficient (Wildman–Crippen LogP) is 24.9. The van der Waals surface area contributed by atoms with Crippen molar-refractivity contribution >= 4 is 0 Å². The third kappa shape index (κ3) is 27.3. The van der Waals surface area contributed by atoms with Crippen LogP contribution in [0.5, 0.6) is 0 Å². The van der Waals surface area contributed by atoms with Crippen LogP contribution in [-0.4, -0.2) is 0 Å². The van der Waals surface area contributed by atoms with E-state index in [4.69, 9.17) is 0 Å². The third-order valence-corrected chi connectivity index (χ3v) is 19.4. The van der Waals surface area contributed by atoms with E-state index in [1.54, 1.807) is 12.8 Å². The lowest BCUT2D eigenvalue weighted by Gasteiger charge is -2.59. The zero-order valence-corrected chi connectivity index (χ0v) is 50.1. The molecule has 1 aliphatic carbocycles. The summed E-state index contributed by atoms with van der Waals surface area (Å²) >= 11 is 0. The van der Waals surface area contributed by atoms with E-state index in [9.17, 15) is 0 Å². The Morgan fingerprint density at radius 3 is 0.721 bits per heavy atom. The van der Waals surface area contributed by atoms with Gasteiger partial charge >= 0.3 is 0 Å². The molecule has 0 aromatic carbocycles. The van der Waals surface area contributed by atoms with Crippen molar-refractivity contribution in [2.45, 2.75) is 372 Å². The first kappa shape index (κ1) is 66.0. The molecular weight excluding hydrogens is 817 g/mol. The fourth-order valence-corrected chi connectivity index (χ4v) is 15.9. The zero-order chi connectivity index (χ0) is 50.1. The highest BCUT2D eigenvalue weighted by atomic mass is 14.6. The molecule has 0 bridgehead atoms. The highest BCUT2D eigenvalue weighted by molar-refractivity contribution is 5.08. The first-order valence-electron chi connectivity index (χ1n) is 33.1. The van der Waals surface area contributed by atoms with Crippen LogP contribution in [0.4, 0.5) is 0 Å². The maximum absolute atomic E-state index is 2.87. The van der Waals surface area contributed by atoms with E-state index in [1.807, 2.05) is 0 Å². The summed E-state index contributed by atoms with van der Waals surface area (Å²) in [5.41, 5.74) is 0.474. The molecule has 0 saturated heterocycles. The standard InChI is InChI=1S/C68H136/c1-13-19-25-31-37-43-50-58(7)65(59(8)51-44-38-32-26-20-14-2)64-56-49-57-68(64,66(60(9)52-45-39-33-27-21-15-3)61(10)53-46-40-34-28-22-16-4)67(62(11)54-47-41-35-29-23-17-5)63(12)55-48-42-36-30-24-18-6/h58-67H,13-57H2,1-12H3. The molecule has 408 valence electrons. The largest absolute Gasteiger partial charge is 0.0654 e. The van der Waals surface area contributed by atoms with Gasteiger partial charge in [-0.25, -0.2) is 0 Å². The third-order valence-electron chi connectivity index (χ3n) is 19.4. The predicted molar refractivity (Wildman–Crippen MR) is 313 cm³/mol. The highest BCUT2D eigenvalue weighted by Gasteiger charge is 2.60. The van der Waals surface area contributed by atoms with Crippen LogP contribution in [0.2, 0.25) is 0 Å². The first-order valence-corrected chi connectivity index (χ1v) is 33.1. The number of hydrogen-bond donors (Lipinski definition) is 0. The van der Waals surface area contributed by atoms with Crippen molar-refractivity contribution in [3.05, 3.63) is 0 Å². The van der Waals surface area contributed by atoms with Crippen LogP contribution in [-0.2, 0) is 0 Å². The number of rotatable bonds is 51. The second-order valence-electron chi connectivity index (χ2n) is 25.4. The van der Waals surface area contributed by atoms with Gasteiger partial charge in [0.2, 0.25) is 0 Å². The zero-order valence-electron chi connectivity index (χ0n) is 50.1. The summed E-state index contributed by atoms with van der Waals surface area (Å²) in [6.45, 7) is 31.5. The normalized spacial score (nSPS) is 20.6. The van der Waals surface area contributed by atoms with Crippen LogP contribution in [0.3, 0.4) is 0 Å². The molecule has 68 heavy (non-hydrogen) atoms. The van der Waals surface area contributed by atoms with Crippen molar-refractivity contribution in [1.29, 1.82) is 0 Å². The second-order valence-corrected chi connectivity index (χ2v) is 25.4. The van der Waals surface area contributed by atoms with Crippen LogP contribution in [0.1, 0.15) is 372 Å². The molecule has 0 nitrogen and oxygen atoms in total. The molecule has 0 aromatic rings. The molecule has 1 rings (SSSR count). The summed E-state index contributed by atoms with van der Waals surface area (Å²) in [5, 5.41) is 0. The van der Waals surface area contributed by atoms with E-state index in [-0.39, 0.29) is 0 Å². The van der Waals surface area contributed by atoms with Crippen molar-refractivity contribution in [2.75, 3.05) is 0 Å². The van der Waals surface area contributed by atoms with E-state index < -0.39 is 0 Å². The molecule has 0 heterocycles. The van der Waals surface area contributed by atoms with Crippen LogP contribution in [0.25, 0.3) is 0 Å². The van der Waals surface area contributed by atoms with Crippen LogP contribution in [0, 0.1) is 64.6 Å². The quantitative estimate of drug-likeness (QED) is 0.0533.